The number of benzene rings is 2. The van der Waals surface area contributed by atoms with Crippen molar-refractivity contribution in [3.05, 3.63) is 71.0 Å². The summed E-state index contributed by atoms with van der Waals surface area (Å²) in [6, 6.07) is 14.4. The molecule has 1 saturated heterocycles. The van der Waals surface area contributed by atoms with Crippen LogP contribution in [-0.2, 0) is 4.79 Å². The van der Waals surface area contributed by atoms with Crippen molar-refractivity contribution in [2.45, 2.75) is 39.2 Å². The zero-order valence-electron chi connectivity index (χ0n) is 17.1. The molecule has 5 heteroatoms. The molecule has 1 fully saturated rings. The summed E-state index contributed by atoms with van der Waals surface area (Å²) in [6.45, 7) is 6.49. The number of carbonyl (C=O) groups is 1. The van der Waals surface area contributed by atoms with Gasteiger partial charge in [0.25, 0.3) is 5.91 Å². The van der Waals surface area contributed by atoms with Crippen LogP contribution in [0.1, 0.15) is 48.9 Å². The van der Waals surface area contributed by atoms with Crippen molar-refractivity contribution in [3.63, 3.8) is 0 Å². The van der Waals surface area contributed by atoms with Crippen LogP contribution in [0.3, 0.4) is 0 Å². The normalized spacial score (nSPS) is 20.7. The zero-order valence-corrected chi connectivity index (χ0v) is 17.1. The minimum Gasteiger partial charge on any atom is -0.294 e. The monoisotopic (exact) mass is 393 g/mol. The topological polar surface area (TPSA) is 35.9 Å². The van der Waals surface area contributed by atoms with Gasteiger partial charge in [-0.1, -0.05) is 55.0 Å². The van der Waals surface area contributed by atoms with Crippen molar-refractivity contribution >= 4 is 11.6 Å². The van der Waals surface area contributed by atoms with Gasteiger partial charge in [0, 0.05) is 12.0 Å². The van der Waals surface area contributed by atoms with Gasteiger partial charge in [-0.2, -0.15) is 5.10 Å². The average Bonchev–Trinajstić information content (AvgIpc) is 3.16. The summed E-state index contributed by atoms with van der Waals surface area (Å²) in [7, 11) is 0. The van der Waals surface area contributed by atoms with Gasteiger partial charge in [-0.3, -0.25) is 9.69 Å². The summed E-state index contributed by atoms with van der Waals surface area (Å²) in [5, 5.41) is 6.19. The maximum Gasteiger partial charge on any atom is 0.257 e. The number of rotatable bonds is 4. The Bertz CT molecular complexity index is 901. The lowest BCUT2D eigenvalue weighted by Crippen LogP contribution is -2.41. The first-order valence-electron chi connectivity index (χ1n) is 10.4. The molecule has 0 bridgehead atoms. The molecule has 0 aromatic heterocycles. The molecule has 2 aromatic carbocycles. The fourth-order valence-electron chi connectivity index (χ4n) is 4.13. The molecule has 29 heavy (non-hydrogen) atoms. The molecule has 0 saturated carbocycles. The van der Waals surface area contributed by atoms with Gasteiger partial charge in [0.2, 0.25) is 0 Å². The van der Waals surface area contributed by atoms with E-state index in [1.54, 1.807) is 12.1 Å². The second-order valence-corrected chi connectivity index (χ2v) is 8.35. The molecular formula is C24H28FN3O. The van der Waals surface area contributed by atoms with Gasteiger partial charge in [-0.15, -0.1) is 0 Å². The number of hydrazone groups is 1. The Morgan fingerprint density at radius 2 is 1.79 bits per heavy atom. The Morgan fingerprint density at radius 1 is 1.10 bits per heavy atom. The van der Waals surface area contributed by atoms with Crippen LogP contribution in [0.5, 0.6) is 0 Å². The highest BCUT2D eigenvalue weighted by atomic mass is 19.1. The Balaban J connectivity index is 1.59. The van der Waals surface area contributed by atoms with Crippen molar-refractivity contribution in [1.82, 2.24) is 9.91 Å². The van der Waals surface area contributed by atoms with Gasteiger partial charge in [-0.05, 0) is 50.4 Å². The first-order chi connectivity index (χ1) is 14.0. The van der Waals surface area contributed by atoms with E-state index in [0.29, 0.717) is 24.4 Å². The van der Waals surface area contributed by atoms with E-state index in [-0.39, 0.29) is 11.7 Å². The van der Waals surface area contributed by atoms with Crippen LogP contribution in [0.15, 0.2) is 53.6 Å². The van der Waals surface area contributed by atoms with Crippen molar-refractivity contribution in [3.8, 4) is 0 Å². The summed E-state index contributed by atoms with van der Waals surface area (Å²) < 4.78 is 14.6. The van der Waals surface area contributed by atoms with Crippen molar-refractivity contribution < 1.29 is 9.18 Å². The standard InChI is InChI=1S/C24H28FN3O/c1-17-7-9-19(10-8-17)22-15-23(20-5-3-4-6-21(20)25)28(26-22)24(29)16-27-13-11-18(2)12-14-27/h3-10,18,23H,11-16H2,1-2H3/t23-/m1/s1. The number of hydrogen-bond acceptors (Lipinski definition) is 3. The van der Waals surface area contributed by atoms with E-state index < -0.39 is 6.04 Å². The average molecular weight is 394 g/mol. The third-order valence-electron chi connectivity index (χ3n) is 6.05. The minimum atomic E-state index is -0.399. The molecule has 1 atom stereocenters. The zero-order chi connectivity index (χ0) is 20.4. The highest BCUT2D eigenvalue weighted by Gasteiger charge is 2.35. The maximum absolute atomic E-state index is 14.6. The first kappa shape index (κ1) is 19.8. The molecule has 2 aliphatic rings. The molecule has 0 aliphatic carbocycles. The second kappa shape index (κ2) is 8.46. The number of halogens is 1. The largest absolute Gasteiger partial charge is 0.294 e. The second-order valence-electron chi connectivity index (χ2n) is 8.35. The SMILES string of the molecule is Cc1ccc(C2=NN(C(=O)CN3CCC(C)CC3)[C@@H](c3ccccc3F)C2)cc1. The summed E-state index contributed by atoms with van der Waals surface area (Å²) in [4.78, 5) is 15.4. The van der Waals surface area contributed by atoms with Crippen LogP contribution in [0, 0.1) is 18.7 Å². The first-order valence-corrected chi connectivity index (χ1v) is 10.4. The summed E-state index contributed by atoms with van der Waals surface area (Å²) >= 11 is 0. The molecule has 2 aliphatic heterocycles. The van der Waals surface area contributed by atoms with E-state index in [9.17, 15) is 9.18 Å². The lowest BCUT2D eigenvalue weighted by molar-refractivity contribution is -0.134. The third kappa shape index (κ3) is 4.40. The van der Waals surface area contributed by atoms with E-state index in [0.717, 1.165) is 37.2 Å². The Labute approximate surface area is 172 Å². The summed E-state index contributed by atoms with van der Waals surface area (Å²) in [5.74, 6) is 0.364. The Hall–Kier alpha value is -2.53. The number of nitrogens with zero attached hydrogens (tertiary/aromatic N) is 3. The lowest BCUT2D eigenvalue weighted by atomic mass is 9.97. The quantitative estimate of drug-likeness (QED) is 0.764. The summed E-state index contributed by atoms with van der Waals surface area (Å²) in [5.41, 5.74) is 3.52. The van der Waals surface area contributed by atoms with E-state index in [4.69, 9.17) is 0 Å². The molecule has 4 nitrogen and oxygen atoms in total. The molecule has 2 aromatic rings. The number of hydrogen-bond donors (Lipinski definition) is 0. The Kier molecular flexibility index (Phi) is 5.76. The summed E-state index contributed by atoms with van der Waals surface area (Å²) in [6.07, 6.45) is 2.75. The molecule has 0 spiro atoms. The number of amides is 1. The predicted molar refractivity (Wildman–Crippen MR) is 113 cm³/mol. The number of likely N-dealkylation sites (tertiary alicyclic amines) is 1. The van der Waals surface area contributed by atoms with Gasteiger partial charge >= 0.3 is 0 Å². The van der Waals surface area contributed by atoms with E-state index >= 15 is 0 Å². The maximum atomic E-state index is 14.6. The van der Waals surface area contributed by atoms with Crippen molar-refractivity contribution in [1.29, 1.82) is 0 Å². The Morgan fingerprint density at radius 3 is 2.48 bits per heavy atom. The molecule has 1 amide bonds. The molecule has 0 unspecified atom stereocenters. The van der Waals surface area contributed by atoms with Crippen LogP contribution < -0.4 is 0 Å². The molecular weight excluding hydrogens is 365 g/mol. The van der Waals surface area contributed by atoms with Gasteiger partial charge in [0.05, 0.1) is 18.3 Å². The molecule has 2 heterocycles. The number of carbonyl (C=O) groups excluding carboxylic acids is 1. The fourth-order valence-corrected chi connectivity index (χ4v) is 4.13. The van der Waals surface area contributed by atoms with E-state index in [1.807, 2.05) is 37.3 Å². The van der Waals surface area contributed by atoms with Crippen LogP contribution in [0.25, 0.3) is 0 Å². The predicted octanol–water partition coefficient (Wildman–Crippen LogP) is 4.54. The van der Waals surface area contributed by atoms with Crippen LogP contribution in [0.2, 0.25) is 0 Å². The molecule has 4 rings (SSSR count). The fraction of sp³-hybridized carbons (Fsp3) is 0.417. The molecule has 0 N–H and O–H groups in total. The van der Waals surface area contributed by atoms with Crippen LogP contribution >= 0.6 is 0 Å². The smallest absolute Gasteiger partial charge is 0.257 e. The highest BCUT2D eigenvalue weighted by molar-refractivity contribution is 6.03. The highest BCUT2D eigenvalue weighted by Crippen LogP contribution is 2.34. The lowest BCUT2D eigenvalue weighted by Gasteiger charge is -2.31. The van der Waals surface area contributed by atoms with Gasteiger partial charge in [0.15, 0.2) is 0 Å². The number of aryl methyl sites for hydroxylation is 1. The minimum absolute atomic E-state index is 0.0603. The van der Waals surface area contributed by atoms with Crippen LogP contribution in [-0.4, -0.2) is 41.2 Å². The van der Waals surface area contributed by atoms with Crippen molar-refractivity contribution in [2.24, 2.45) is 11.0 Å². The molecule has 0 radical (unpaired) electrons. The van der Waals surface area contributed by atoms with E-state index in [2.05, 4.69) is 16.9 Å². The third-order valence-corrected chi connectivity index (χ3v) is 6.05. The van der Waals surface area contributed by atoms with Gasteiger partial charge in [0.1, 0.15) is 5.82 Å². The van der Waals surface area contributed by atoms with E-state index in [1.165, 1.54) is 16.6 Å². The van der Waals surface area contributed by atoms with Gasteiger partial charge in [-0.25, -0.2) is 9.40 Å². The van der Waals surface area contributed by atoms with Crippen molar-refractivity contribution in [2.75, 3.05) is 19.6 Å². The van der Waals surface area contributed by atoms with Crippen LogP contribution in [0.4, 0.5) is 4.39 Å². The van der Waals surface area contributed by atoms with Gasteiger partial charge < -0.3 is 0 Å². The number of piperidine rings is 1. The molecule has 152 valence electrons.